The van der Waals surface area contributed by atoms with Gasteiger partial charge in [-0.2, -0.15) is 0 Å². The second kappa shape index (κ2) is 7.84. The Balaban J connectivity index is 1.90. The maximum absolute atomic E-state index is 11.9. The predicted molar refractivity (Wildman–Crippen MR) is 87.8 cm³/mol. The van der Waals surface area contributed by atoms with Crippen molar-refractivity contribution in [2.24, 2.45) is 0 Å². The molecule has 0 saturated heterocycles. The van der Waals surface area contributed by atoms with Crippen molar-refractivity contribution >= 4 is 23.4 Å². The quantitative estimate of drug-likeness (QED) is 0.832. The van der Waals surface area contributed by atoms with Gasteiger partial charge in [0.2, 0.25) is 0 Å². The molecule has 0 aliphatic rings. The summed E-state index contributed by atoms with van der Waals surface area (Å²) in [5, 5.41) is 5.43. The van der Waals surface area contributed by atoms with Gasteiger partial charge in [0.05, 0.1) is 20.6 Å². The maximum atomic E-state index is 11.9. The van der Waals surface area contributed by atoms with Crippen LogP contribution in [0.15, 0.2) is 48.5 Å². The van der Waals surface area contributed by atoms with Crippen LogP contribution in [0.4, 0.5) is 16.2 Å². The number of rotatable bonds is 5. The number of methoxy groups -OCH3 is 2. The first kappa shape index (κ1) is 16.4. The first-order valence-electron chi connectivity index (χ1n) is 6.98. The highest BCUT2D eigenvalue weighted by molar-refractivity contribution is 5.99. The van der Waals surface area contributed by atoms with E-state index in [4.69, 9.17) is 4.74 Å². The monoisotopic (exact) mass is 314 g/mol. The van der Waals surface area contributed by atoms with Gasteiger partial charge in [0.25, 0.3) is 0 Å². The Kier molecular flexibility index (Phi) is 5.57. The Morgan fingerprint density at radius 1 is 0.870 bits per heavy atom. The van der Waals surface area contributed by atoms with E-state index in [0.717, 1.165) is 11.3 Å². The smallest absolute Gasteiger partial charge is 0.323 e. The summed E-state index contributed by atoms with van der Waals surface area (Å²) in [6, 6.07) is 13.7. The van der Waals surface area contributed by atoms with Gasteiger partial charge < -0.3 is 20.1 Å². The Hall–Kier alpha value is -3.02. The average Bonchev–Trinajstić information content (AvgIpc) is 2.57. The van der Waals surface area contributed by atoms with Crippen LogP contribution in [0.3, 0.4) is 0 Å². The summed E-state index contributed by atoms with van der Waals surface area (Å²) in [5.41, 5.74) is 2.10. The number of benzene rings is 2. The van der Waals surface area contributed by atoms with E-state index < -0.39 is 0 Å². The molecule has 6 heteroatoms. The summed E-state index contributed by atoms with van der Waals surface area (Å²) in [6.45, 7) is 0. The minimum absolute atomic E-state index is 0.203. The third kappa shape index (κ3) is 5.03. The van der Waals surface area contributed by atoms with Gasteiger partial charge in [-0.15, -0.1) is 0 Å². The molecule has 0 radical (unpaired) electrons. The molecular weight excluding hydrogens is 296 g/mol. The first-order chi connectivity index (χ1) is 11.1. The van der Waals surface area contributed by atoms with E-state index in [-0.39, 0.29) is 18.4 Å². The van der Waals surface area contributed by atoms with Crippen molar-refractivity contribution in [1.82, 2.24) is 0 Å². The first-order valence-corrected chi connectivity index (χ1v) is 6.98. The van der Waals surface area contributed by atoms with E-state index in [9.17, 15) is 9.59 Å². The van der Waals surface area contributed by atoms with Crippen molar-refractivity contribution < 1.29 is 19.1 Å². The van der Waals surface area contributed by atoms with Crippen molar-refractivity contribution in [1.29, 1.82) is 0 Å². The molecule has 0 atom stereocenters. The highest BCUT2D eigenvalue weighted by Gasteiger charge is 2.05. The number of urea groups is 1. The molecule has 23 heavy (non-hydrogen) atoms. The van der Waals surface area contributed by atoms with Gasteiger partial charge in [-0.25, -0.2) is 4.79 Å². The van der Waals surface area contributed by atoms with Gasteiger partial charge in [0.15, 0.2) is 0 Å². The van der Waals surface area contributed by atoms with Crippen molar-refractivity contribution in [3.63, 3.8) is 0 Å². The zero-order valence-electron chi connectivity index (χ0n) is 13.0. The van der Waals surface area contributed by atoms with Gasteiger partial charge in [-0.1, -0.05) is 12.1 Å². The lowest BCUT2D eigenvalue weighted by molar-refractivity contribution is -0.139. The Labute approximate surface area is 134 Å². The number of carbonyl (C=O) groups excluding carboxylic acids is 2. The summed E-state index contributed by atoms with van der Waals surface area (Å²) in [4.78, 5) is 23.1. The lowest BCUT2D eigenvalue weighted by Gasteiger charge is -2.09. The van der Waals surface area contributed by atoms with Crippen LogP contribution in [-0.4, -0.2) is 26.2 Å². The molecule has 0 bridgehead atoms. The largest absolute Gasteiger partial charge is 0.497 e. The molecule has 0 saturated carbocycles. The minimum atomic E-state index is -0.351. The molecule has 6 nitrogen and oxygen atoms in total. The Morgan fingerprint density at radius 3 is 1.87 bits per heavy atom. The molecule has 120 valence electrons. The molecule has 2 rings (SSSR count). The third-order valence-electron chi connectivity index (χ3n) is 3.14. The van der Waals surface area contributed by atoms with Crippen LogP contribution >= 0.6 is 0 Å². The van der Waals surface area contributed by atoms with E-state index in [2.05, 4.69) is 15.4 Å². The standard InChI is InChI=1S/C17H18N2O4/c1-22-15-9-7-14(8-10-15)19-17(21)18-13-5-3-12(4-6-13)11-16(20)23-2/h3-10H,11H2,1-2H3,(H2,18,19,21). The molecule has 0 aliphatic carbocycles. The SMILES string of the molecule is COC(=O)Cc1ccc(NC(=O)Nc2ccc(OC)cc2)cc1. The van der Waals surface area contributed by atoms with E-state index in [1.54, 1.807) is 55.6 Å². The predicted octanol–water partition coefficient (Wildman–Crippen LogP) is 3.05. The molecular formula is C17H18N2O4. The number of ether oxygens (including phenoxy) is 2. The fourth-order valence-corrected chi connectivity index (χ4v) is 1.91. The lowest BCUT2D eigenvalue weighted by Crippen LogP contribution is -2.19. The summed E-state index contributed by atoms with van der Waals surface area (Å²) in [7, 11) is 2.93. The van der Waals surface area contributed by atoms with Crippen LogP contribution in [0.5, 0.6) is 5.75 Å². The lowest BCUT2D eigenvalue weighted by atomic mass is 10.1. The summed E-state index contributed by atoms with van der Waals surface area (Å²) < 4.78 is 9.66. The van der Waals surface area contributed by atoms with Crippen molar-refractivity contribution in [3.8, 4) is 5.75 Å². The molecule has 0 heterocycles. The average molecular weight is 314 g/mol. The van der Waals surface area contributed by atoms with Gasteiger partial charge in [0, 0.05) is 11.4 Å². The fraction of sp³-hybridized carbons (Fsp3) is 0.176. The van der Waals surface area contributed by atoms with Gasteiger partial charge in [-0.3, -0.25) is 4.79 Å². The summed E-state index contributed by atoms with van der Waals surface area (Å²) in [6.07, 6.45) is 0.203. The van der Waals surface area contributed by atoms with Crippen molar-refractivity contribution in [3.05, 3.63) is 54.1 Å². The maximum Gasteiger partial charge on any atom is 0.323 e. The molecule has 2 amide bonds. The zero-order valence-corrected chi connectivity index (χ0v) is 13.0. The van der Waals surface area contributed by atoms with Crippen LogP contribution < -0.4 is 15.4 Å². The molecule has 2 aromatic rings. The number of hydrogen-bond donors (Lipinski definition) is 2. The molecule has 2 N–H and O–H groups in total. The van der Waals surface area contributed by atoms with Crippen LogP contribution in [-0.2, 0) is 16.0 Å². The van der Waals surface area contributed by atoms with Gasteiger partial charge in [-0.05, 0) is 42.0 Å². The van der Waals surface area contributed by atoms with Crippen molar-refractivity contribution in [2.75, 3.05) is 24.9 Å². The van der Waals surface area contributed by atoms with Gasteiger partial charge in [0.1, 0.15) is 5.75 Å². The van der Waals surface area contributed by atoms with Crippen LogP contribution in [0.2, 0.25) is 0 Å². The highest BCUT2D eigenvalue weighted by atomic mass is 16.5. The number of carbonyl (C=O) groups is 2. The Bertz CT molecular complexity index is 666. The number of nitrogens with one attached hydrogen (secondary N) is 2. The second-order valence-electron chi connectivity index (χ2n) is 4.76. The van der Waals surface area contributed by atoms with E-state index in [1.165, 1.54) is 7.11 Å². The van der Waals surface area contributed by atoms with E-state index in [1.807, 2.05) is 0 Å². The fourth-order valence-electron chi connectivity index (χ4n) is 1.91. The molecule has 0 aromatic heterocycles. The third-order valence-corrected chi connectivity index (χ3v) is 3.14. The minimum Gasteiger partial charge on any atom is -0.497 e. The van der Waals surface area contributed by atoms with E-state index in [0.29, 0.717) is 11.4 Å². The van der Waals surface area contributed by atoms with Crippen LogP contribution in [0.25, 0.3) is 0 Å². The van der Waals surface area contributed by atoms with Crippen LogP contribution in [0, 0.1) is 0 Å². The Morgan fingerprint density at radius 2 is 1.39 bits per heavy atom. The molecule has 0 fully saturated rings. The highest BCUT2D eigenvalue weighted by Crippen LogP contribution is 2.16. The number of amides is 2. The molecule has 2 aromatic carbocycles. The molecule has 0 aliphatic heterocycles. The molecule has 0 spiro atoms. The van der Waals surface area contributed by atoms with Crippen LogP contribution in [0.1, 0.15) is 5.56 Å². The number of anilines is 2. The zero-order chi connectivity index (χ0) is 16.7. The second-order valence-corrected chi connectivity index (χ2v) is 4.76. The topological polar surface area (TPSA) is 76.7 Å². The normalized spacial score (nSPS) is 9.83. The summed E-state index contributed by atoms with van der Waals surface area (Å²) >= 11 is 0. The van der Waals surface area contributed by atoms with Gasteiger partial charge >= 0.3 is 12.0 Å². The van der Waals surface area contributed by atoms with E-state index >= 15 is 0 Å². The number of hydrogen-bond acceptors (Lipinski definition) is 4. The van der Waals surface area contributed by atoms with Crippen molar-refractivity contribution in [2.45, 2.75) is 6.42 Å². The number of esters is 1. The summed E-state index contributed by atoms with van der Waals surface area (Å²) in [5.74, 6) is 0.417. The molecule has 0 unspecified atom stereocenters.